The number of halogens is 2. The smallest absolute Gasteiger partial charge is 0.225 e. The highest BCUT2D eigenvalue weighted by Crippen LogP contribution is 2.30. The molecule has 90 valence electrons. The van der Waals surface area contributed by atoms with Gasteiger partial charge in [0.1, 0.15) is 0 Å². The maximum atomic E-state index is 6.02. The van der Waals surface area contributed by atoms with Crippen molar-refractivity contribution in [2.75, 3.05) is 6.61 Å². The van der Waals surface area contributed by atoms with Crippen molar-refractivity contribution in [2.24, 2.45) is 0 Å². The molecule has 17 heavy (non-hydrogen) atoms. The molecule has 0 aliphatic heterocycles. The van der Waals surface area contributed by atoms with Crippen LogP contribution in [0.25, 0.3) is 10.9 Å². The highest BCUT2D eigenvalue weighted by Gasteiger charge is 2.07. The van der Waals surface area contributed by atoms with Gasteiger partial charge in [-0.3, -0.25) is 4.18 Å². The van der Waals surface area contributed by atoms with Crippen LogP contribution in [0, 0.1) is 3.57 Å². The van der Waals surface area contributed by atoms with Gasteiger partial charge in [0.15, 0.2) is 10.9 Å². The standard InChI is InChI=1S/C11H9ClINO2S/c1-2-15-17-16-10-6-7-5-8(13)3-4-9(7)14-11(10)12/h3-6H,2H2,1H3. The Morgan fingerprint density at radius 2 is 2.24 bits per heavy atom. The summed E-state index contributed by atoms with van der Waals surface area (Å²) in [7, 11) is 0. The molecule has 2 aromatic rings. The second-order valence-electron chi connectivity index (χ2n) is 3.17. The first-order chi connectivity index (χ1) is 8.20. The predicted octanol–water partition coefficient (Wildman–Crippen LogP) is 4.47. The fraction of sp³-hybridized carbons (Fsp3) is 0.182. The molecule has 1 heterocycles. The molecule has 0 radical (unpaired) electrons. The second kappa shape index (κ2) is 6.08. The van der Waals surface area contributed by atoms with Crippen molar-refractivity contribution < 1.29 is 8.37 Å². The predicted molar refractivity (Wildman–Crippen MR) is 79.3 cm³/mol. The molecule has 1 aromatic carbocycles. The maximum Gasteiger partial charge on any atom is 0.225 e. The largest absolute Gasteiger partial charge is 0.397 e. The highest BCUT2D eigenvalue weighted by molar-refractivity contribution is 14.1. The van der Waals surface area contributed by atoms with E-state index in [0.29, 0.717) is 17.5 Å². The Morgan fingerprint density at radius 3 is 3.00 bits per heavy atom. The SMILES string of the molecule is CCOSOc1cc2cc(I)ccc2nc1Cl. The Kier molecular flexibility index (Phi) is 4.72. The summed E-state index contributed by atoms with van der Waals surface area (Å²) in [6.45, 7) is 2.46. The van der Waals surface area contributed by atoms with Crippen molar-refractivity contribution in [1.82, 2.24) is 4.98 Å². The van der Waals surface area contributed by atoms with E-state index >= 15 is 0 Å². The lowest BCUT2D eigenvalue weighted by Crippen LogP contribution is -1.89. The minimum Gasteiger partial charge on any atom is -0.397 e. The third-order valence-corrected chi connectivity index (χ3v) is 3.51. The van der Waals surface area contributed by atoms with E-state index in [4.69, 9.17) is 20.0 Å². The zero-order chi connectivity index (χ0) is 12.3. The first-order valence-corrected chi connectivity index (χ1v) is 7.05. The molecule has 0 N–H and O–H groups in total. The summed E-state index contributed by atoms with van der Waals surface area (Å²) >= 11 is 9.17. The zero-order valence-corrected chi connectivity index (χ0v) is 12.7. The average molecular weight is 382 g/mol. The van der Waals surface area contributed by atoms with E-state index in [-0.39, 0.29) is 0 Å². The molecule has 0 atom stereocenters. The van der Waals surface area contributed by atoms with Gasteiger partial charge in [0.25, 0.3) is 0 Å². The van der Waals surface area contributed by atoms with Gasteiger partial charge in [-0.15, -0.1) is 0 Å². The van der Waals surface area contributed by atoms with Crippen molar-refractivity contribution >= 4 is 57.4 Å². The summed E-state index contributed by atoms with van der Waals surface area (Å²) in [5.41, 5.74) is 0.851. The molecular weight excluding hydrogens is 373 g/mol. The van der Waals surface area contributed by atoms with Gasteiger partial charge in [-0.25, -0.2) is 4.98 Å². The van der Waals surface area contributed by atoms with Gasteiger partial charge in [-0.2, -0.15) is 0 Å². The number of hydrogen-bond donors (Lipinski definition) is 0. The number of hydrogen-bond acceptors (Lipinski definition) is 4. The zero-order valence-electron chi connectivity index (χ0n) is 8.94. The first kappa shape index (κ1) is 13.2. The van der Waals surface area contributed by atoms with E-state index in [1.54, 1.807) is 0 Å². The molecule has 3 nitrogen and oxygen atoms in total. The maximum absolute atomic E-state index is 6.02. The summed E-state index contributed by atoms with van der Waals surface area (Å²) in [4.78, 5) is 4.26. The Hall–Kier alpha value is -0.240. The first-order valence-electron chi connectivity index (χ1n) is 4.92. The van der Waals surface area contributed by atoms with Crippen LogP contribution in [-0.2, 0) is 4.18 Å². The van der Waals surface area contributed by atoms with E-state index in [1.165, 1.54) is 0 Å². The molecule has 2 rings (SSSR count). The fourth-order valence-electron chi connectivity index (χ4n) is 1.27. The van der Waals surface area contributed by atoms with E-state index in [0.717, 1.165) is 26.8 Å². The third kappa shape index (κ3) is 3.37. The van der Waals surface area contributed by atoms with Crippen LogP contribution in [0.3, 0.4) is 0 Å². The van der Waals surface area contributed by atoms with Gasteiger partial charge < -0.3 is 4.18 Å². The number of aromatic nitrogens is 1. The van der Waals surface area contributed by atoms with Crippen molar-refractivity contribution in [3.8, 4) is 5.75 Å². The monoisotopic (exact) mass is 381 g/mol. The molecular formula is C11H9ClINO2S. The molecule has 0 saturated carbocycles. The summed E-state index contributed by atoms with van der Waals surface area (Å²) in [6.07, 6.45) is 0. The van der Waals surface area contributed by atoms with Crippen molar-refractivity contribution in [3.63, 3.8) is 0 Å². The molecule has 0 aliphatic rings. The van der Waals surface area contributed by atoms with Crippen LogP contribution in [0.4, 0.5) is 0 Å². The molecule has 6 heteroatoms. The fourth-order valence-corrected chi connectivity index (χ4v) is 2.36. The summed E-state index contributed by atoms with van der Waals surface area (Å²) in [5.74, 6) is 0.514. The Bertz CT molecular complexity index is 538. The molecule has 0 bridgehead atoms. The Labute approximate surface area is 122 Å². The second-order valence-corrected chi connectivity index (χ2v) is 5.31. The number of rotatable bonds is 4. The number of pyridine rings is 1. The lowest BCUT2D eigenvalue weighted by Gasteiger charge is -2.06. The van der Waals surface area contributed by atoms with Gasteiger partial charge in [-0.1, -0.05) is 11.6 Å². The molecule has 0 fully saturated rings. The summed E-state index contributed by atoms with van der Waals surface area (Å²) in [6, 6.07) is 7.81. The van der Waals surface area contributed by atoms with Gasteiger partial charge in [0, 0.05) is 8.96 Å². The summed E-state index contributed by atoms with van der Waals surface area (Å²) < 4.78 is 11.5. The lowest BCUT2D eigenvalue weighted by molar-refractivity contribution is 0.369. The summed E-state index contributed by atoms with van der Waals surface area (Å²) in [5, 5.41) is 1.33. The van der Waals surface area contributed by atoms with Crippen LogP contribution in [-0.4, -0.2) is 11.6 Å². The van der Waals surface area contributed by atoms with Gasteiger partial charge in [-0.05, 0) is 53.8 Å². The lowest BCUT2D eigenvalue weighted by atomic mass is 10.2. The number of benzene rings is 1. The van der Waals surface area contributed by atoms with Crippen LogP contribution < -0.4 is 4.18 Å². The van der Waals surface area contributed by atoms with Gasteiger partial charge in [0.2, 0.25) is 12.3 Å². The average Bonchev–Trinajstić information content (AvgIpc) is 2.31. The molecule has 0 aliphatic carbocycles. The van der Waals surface area contributed by atoms with Crippen LogP contribution in [0.15, 0.2) is 24.3 Å². The molecule has 0 spiro atoms. The molecule has 1 aromatic heterocycles. The van der Waals surface area contributed by atoms with Gasteiger partial charge in [0.05, 0.1) is 12.1 Å². The van der Waals surface area contributed by atoms with E-state index in [2.05, 4.69) is 27.6 Å². The van der Waals surface area contributed by atoms with Crippen LogP contribution >= 0.6 is 46.5 Å². The topological polar surface area (TPSA) is 31.4 Å². The van der Waals surface area contributed by atoms with Crippen LogP contribution in [0.1, 0.15) is 6.92 Å². The quantitative estimate of drug-likeness (QED) is 0.338. The van der Waals surface area contributed by atoms with E-state index in [1.807, 2.05) is 31.2 Å². The Balaban J connectivity index is 2.32. The highest BCUT2D eigenvalue weighted by atomic mass is 127. The molecule has 0 unspecified atom stereocenters. The number of fused-ring (bicyclic) bond motifs is 1. The third-order valence-electron chi connectivity index (χ3n) is 1.99. The van der Waals surface area contributed by atoms with Crippen molar-refractivity contribution in [1.29, 1.82) is 0 Å². The van der Waals surface area contributed by atoms with Crippen LogP contribution in [0.2, 0.25) is 5.15 Å². The van der Waals surface area contributed by atoms with E-state index in [9.17, 15) is 0 Å². The van der Waals surface area contributed by atoms with Gasteiger partial charge >= 0.3 is 0 Å². The van der Waals surface area contributed by atoms with Crippen molar-refractivity contribution in [2.45, 2.75) is 6.92 Å². The molecule has 0 amide bonds. The minimum atomic E-state index is 0.339. The van der Waals surface area contributed by atoms with Crippen LogP contribution in [0.5, 0.6) is 5.75 Å². The normalized spacial score (nSPS) is 10.8. The minimum absolute atomic E-state index is 0.339. The number of nitrogens with zero attached hydrogens (tertiary/aromatic N) is 1. The Morgan fingerprint density at radius 1 is 1.41 bits per heavy atom. The van der Waals surface area contributed by atoms with E-state index < -0.39 is 0 Å². The molecule has 0 saturated heterocycles. The van der Waals surface area contributed by atoms with Crippen molar-refractivity contribution in [3.05, 3.63) is 33.0 Å².